The smallest absolute Gasteiger partial charge is 0.290 e. The van der Waals surface area contributed by atoms with Gasteiger partial charge in [-0.25, -0.2) is 0 Å². The normalized spacial score (nSPS) is 10.3. The molecule has 88 valence electrons. The molecule has 17 heavy (non-hydrogen) atoms. The molecule has 0 aliphatic rings. The highest BCUT2D eigenvalue weighted by atomic mass is 79.9. The maximum atomic E-state index is 10.4. The Kier molecular flexibility index (Phi) is 3.76. The fraction of sp³-hybridized carbons (Fsp3) is 0. The van der Waals surface area contributed by atoms with Crippen molar-refractivity contribution in [1.29, 1.82) is 0 Å². The number of hydrogen-bond acceptors (Lipinski definition) is 3. The van der Waals surface area contributed by atoms with Crippen molar-refractivity contribution >= 4 is 45.4 Å². The Labute approximate surface area is 115 Å². The van der Waals surface area contributed by atoms with Crippen molar-refractivity contribution in [2.45, 2.75) is 0 Å². The molecule has 1 aromatic carbocycles. The minimum Gasteiger partial charge on any atom is -0.424 e. The number of ether oxygens (including phenoxy) is 1. The van der Waals surface area contributed by atoms with E-state index in [9.17, 15) is 4.79 Å². The molecule has 0 saturated carbocycles. The van der Waals surface area contributed by atoms with E-state index in [1.807, 2.05) is 0 Å². The van der Waals surface area contributed by atoms with Gasteiger partial charge in [0.2, 0.25) is 0 Å². The third-order valence-corrected chi connectivity index (χ3v) is 3.40. The van der Waals surface area contributed by atoms with Gasteiger partial charge in [0.1, 0.15) is 0 Å². The van der Waals surface area contributed by atoms with E-state index >= 15 is 0 Å². The lowest BCUT2D eigenvalue weighted by Gasteiger charge is -2.06. The number of benzene rings is 1. The highest BCUT2D eigenvalue weighted by Crippen LogP contribution is 2.36. The third-order valence-electron chi connectivity index (χ3n) is 1.90. The summed E-state index contributed by atoms with van der Waals surface area (Å²) in [6.07, 6.45) is 0.586. The number of rotatable bonds is 3. The summed E-state index contributed by atoms with van der Waals surface area (Å²) in [5.41, 5.74) is 0. The van der Waals surface area contributed by atoms with E-state index in [0.29, 0.717) is 26.6 Å². The molecule has 0 fully saturated rings. The van der Waals surface area contributed by atoms with Crippen LogP contribution in [0.15, 0.2) is 33.2 Å². The van der Waals surface area contributed by atoms with Gasteiger partial charge in [-0.3, -0.25) is 4.79 Å². The Morgan fingerprint density at radius 1 is 1.24 bits per heavy atom. The molecule has 0 amide bonds. The SMILES string of the molecule is O=Cc1ccc(Oc2cc(Cl)c(Br)cc2Cl)o1. The minimum atomic E-state index is 0.174. The van der Waals surface area contributed by atoms with Crippen molar-refractivity contribution in [3.05, 3.63) is 44.5 Å². The second-order valence-electron chi connectivity index (χ2n) is 3.07. The van der Waals surface area contributed by atoms with E-state index in [-0.39, 0.29) is 11.7 Å². The highest BCUT2D eigenvalue weighted by Gasteiger charge is 2.10. The van der Waals surface area contributed by atoms with Gasteiger partial charge in [-0.1, -0.05) is 23.2 Å². The molecule has 0 aliphatic carbocycles. The zero-order valence-electron chi connectivity index (χ0n) is 8.25. The predicted octanol–water partition coefficient (Wildman–Crippen LogP) is 4.95. The molecule has 0 aliphatic heterocycles. The standard InChI is InChI=1S/C11H5BrCl2O3/c12-7-3-9(14)10(4-8(7)13)17-11-2-1-6(5-15)16-11/h1-5H. The lowest BCUT2D eigenvalue weighted by Crippen LogP contribution is -1.84. The molecule has 0 atom stereocenters. The first kappa shape index (κ1) is 12.5. The lowest BCUT2D eigenvalue weighted by molar-refractivity contribution is 0.109. The van der Waals surface area contributed by atoms with E-state index in [0.717, 1.165) is 0 Å². The van der Waals surface area contributed by atoms with E-state index < -0.39 is 0 Å². The van der Waals surface area contributed by atoms with Crippen LogP contribution in [0, 0.1) is 0 Å². The largest absolute Gasteiger partial charge is 0.424 e. The van der Waals surface area contributed by atoms with Gasteiger partial charge >= 0.3 is 0 Å². The van der Waals surface area contributed by atoms with Gasteiger partial charge < -0.3 is 9.15 Å². The average molecular weight is 336 g/mol. The Hall–Kier alpha value is -0.970. The molecule has 0 unspecified atom stereocenters. The molecule has 1 aromatic heterocycles. The van der Waals surface area contributed by atoms with Gasteiger partial charge in [-0.05, 0) is 28.1 Å². The lowest BCUT2D eigenvalue weighted by atomic mass is 10.3. The molecule has 2 aromatic rings. The highest BCUT2D eigenvalue weighted by molar-refractivity contribution is 9.10. The molecule has 0 radical (unpaired) electrons. The first-order chi connectivity index (χ1) is 8.10. The van der Waals surface area contributed by atoms with E-state index in [2.05, 4.69) is 15.9 Å². The Morgan fingerprint density at radius 2 is 2.00 bits per heavy atom. The Balaban J connectivity index is 2.29. The number of carbonyl (C=O) groups excluding carboxylic acids is 1. The van der Waals surface area contributed by atoms with Crippen molar-refractivity contribution in [2.24, 2.45) is 0 Å². The van der Waals surface area contributed by atoms with Gasteiger partial charge in [-0.15, -0.1) is 0 Å². The molecule has 6 heteroatoms. The summed E-state index contributed by atoms with van der Waals surface area (Å²) in [6.45, 7) is 0. The molecule has 0 N–H and O–H groups in total. The molecule has 1 heterocycles. The molecular formula is C11H5BrCl2O3. The number of furan rings is 1. The van der Waals surface area contributed by atoms with Crippen molar-refractivity contribution in [3.8, 4) is 11.7 Å². The Bertz CT molecular complexity index is 566. The van der Waals surface area contributed by atoms with Crippen LogP contribution >= 0.6 is 39.1 Å². The first-order valence-corrected chi connectivity index (χ1v) is 6.02. The van der Waals surface area contributed by atoms with E-state index in [4.69, 9.17) is 32.4 Å². The minimum absolute atomic E-state index is 0.174. The summed E-state index contributed by atoms with van der Waals surface area (Å²) < 4.78 is 11.1. The van der Waals surface area contributed by atoms with Gasteiger partial charge in [-0.2, -0.15) is 0 Å². The van der Waals surface area contributed by atoms with Crippen LogP contribution in [0.2, 0.25) is 10.0 Å². The summed E-state index contributed by atoms with van der Waals surface area (Å²) in [7, 11) is 0. The monoisotopic (exact) mass is 334 g/mol. The van der Waals surface area contributed by atoms with Crippen LogP contribution in [0.25, 0.3) is 0 Å². The second kappa shape index (κ2) is 5.12. The Morgan fingerprint density at radius 3 is 2.65 bits per heavy atom. The third kappa shape index (κ3) is 2.83. The molecule has 3 nitrogen and oxygen atoms in total. The molecule has 0 saturated heterocycles. The summed E-state index contributed by atoms with van der Waals surface area (Å²) in [5, 5.41) is 0.844. The zero-order valence-corrected chi connectivity index (χ0v) is 11.3. The molecule has 0 bridgehead atoms. The van der Waals surface area contributed by atoms with Crippen LogP contribution in [0.3, 0.4) is 0 Å². The van der Waals surface area contributed by atoms with Gasteiger partial charge in [0.15, 0.2) is 17.8 Å². The average Bonchev–Trinajstić information content (AvgIpc) is 2.73. The fourth-order valence-corrected chi connectivity index (χ4v) is 1.97. The van der Waals surface area contributed by atoms with Crippen molar-refractivity contribution in [2.75, 3.05) is 0 Å². The van der Waals surface area contributed by atoms with Gasteiger partial charge in [0, 0.05) is 16.6 Å². The topological polar surface area (TPSA) is 39.4 Å². The maximum Gasteiger partial charge on any atom is 0.290 e. The van der Waals surface area contributed by atoms with Gasteiger partial charge in [0.25, 0.3) is 5.95 Å². The number of aldehydes is 1. The first-order valence-electron chi connectivity index (χ1n) is 4.47. The van der Waals surface area contributed by atoms with Crippen LogP contribution in [-0.4, -0.2) is 6.29 Å². The van der Waals surface area contributed by atoms with Crippen molar-refractivity contribution < 1.29 is 13.9 Å². The van der Waals surface area contributed by atoms with E-state index in [1.54, 1.807) is 12.1 Å². The van der Waals surface area contributed by atoms with E-state index in [1.165, 1.54) is 12.1 Å². The summed E-state index contributed by atoms with van der Waals surface area (Å²) in [5.74, 6) is 0.707. The van der Waals surface area contributed by atoms with Crippen LogP contribution < -0.4 is 4.74 Å². The van der Waals surface area contributed by atoms with Crippen molar-refractivity contribution in [1.82, 2.24) is 0 Å². The number of hydrogen-bond donors (Lipinski definition) is 0. The number of carbonyl (C=O) groups is 1. The maximum absolute atomic E-state index is 10.4. The number of halogens is 3. The van der Waals surface area contributed by atoms with Crippen LogP contribution in [0.1, 0.15) is 10.6 Å². The van der Waals surface area contributed by atoms with Crippen molar-refractivity contribution in [3.63, 3.8) is 0 Å². The summed E-state index contributed by atoms with van der Waals surface area (Å²) in [4.78, 5) is 10.4. The fourth-order valence-electron chi connectivity index (χ4n) is 1.14. The summed E-state index contributed by atoms with van der Waals surface area (Å²) >= 11 is 15.1. The summed E-state index contributed by atoms with van der Waals surface area (Å²) in [6, 6.07) is 6.19. The predicted molar refractivity (Wildman–Crippen MR) is 68.3 cm³/mol. The van der Waals surface area contributed by atoms with Crippen LogP contribution in [-0.2, 0) is 0 Å². The zero-order chi connectivity index (χ0) is 12.4. The molecule has 0 spiro atoms. The van der Waals surface area contributed by atoms with Crippen LogP contribution in [0.5, 0.6) is 11.7 Å². The van der Waals surface area contributed by atoms with Gasteiger partial charge in [0.05, 0.1) is 10.0 Å². The van der Waals surface area contributed by atoms with Crippen LogP contribution in [0.4, 0.5) is 0 Å². The molecular weight excluding hydrogens is 331 g/mol. The second-order valence-corrected chi connectivity index (χ2v) is 4.74. The quantitative estimate of drug-likeness (QED) is 0.588. The molecule has 2 rings (SSSR count).